The molecule has 2 nitrogen and oxygen atoms in total. The molecule has 0 aliphatic rings. The van der Waals surface area contributed by atoms with Crippen molar-refractivity contribution in [3.63, 3.8) is 0 Å². The van der Waals surface area contributed by atoms with Crippen LogP contribution >= 0.6 is 7.81 Å². The summed E-state index contributed by atoms with van der Waals surface area (Å²) in [6.07, 6.45) is 4.15. The molecule has 1 aromatic carbocycles. The zero-order chi connectivity index (χ0) is 17.4. The molecule has 0 unspecified atom stereocenters. The summed E-state index contributed by atoms with van der Waals surface area (Å²) in [5.41, 5.74) is 1.09. The summed E-state index contributed by atoms with van der Waals surface area (Å²) in [6, 6.07) is 14.4. The number of pyridine rings is 2. The predicted molar refractivity (Wildman–Crippen MR) is 77.2 cm³/mol. The van der Waals surface area contributed by atoms with Gasteiger partial charge in [-0.3, -0.25) is 0 Å². The third-order valence-electron chi connectivity index (χ3n) is 2.81. The van der Waals surface area contributed by atoms with Crippen LogP contribution in [0.3, 0.4) is 0 Å². The van der Waals surface area contributed by atoms with Gasteiger partial charge in [0.2, 0.25) is 0 Å². The maximum atomic E-state index is 9.87. The Morgan fingerprint density at radius 1 is 0.870 bits per heavy atom. The molecular formula is C14H12F6NOP. The van der Waals surface area contributed by atoms with Crippen LogP contribution < -0.4 is 9.14 Å². The summed E-state index contributed by atoms with van der Waals surface area (Å²) < 4.78 is 66.6. The van der Waals surface area contributed by atoms with E-state index in [0.717, 1.165) is 11.3 Å². The van der Waals surface area contributed by atoms with Crippen molar-refractivity contribution in [2.75, 3.05) is 7.11 Å². The van der Waals surface area contributed by atoms with Crippen molar-refractivity contribution in [2.45, 2.75) is 0 Å². The first-order valence-corrected chi connectivity index (χ1v) is 8.29. The van der Waals surface area contributed by atoms with Crippen molar-refractivity contribution in [3.8, 4) is 5.75 Å². The molecule has 3 rings (SSSR count). The summed E-state index contributed by atoms with van der Waals surface area (Å²) in [4.78, 5) is 0. The van der Waals surface area contributed by atoms with Crippen LogP contribution in [0.1, 0.15) is 0 Å². The fourth-order valence-electron chi connectivity index (χ4n) is 2.00. The minimum absolute atomic E-state index is 0.897. The Bertz CT molecular complexity index is 852. The van der Waals surface area contributed by atoms with Crippen LogP contribution in [0.2, 0.25) is 0 Å². The molecule has 0 saturated heterocycles. The Kier molecular flexibility index (Phi) is 3.73. The van der Waals surface area contributed by atoms with Gasteiger partial charge in [0, 0.05) is 17.5 Å². The van der Waals surface area contributed by atoms with Crippen LogP contribution in [-0.2, 0) is 0 Å². The SMILES string of the molecule is COc1ccc[n+]2cc3ccccc3cc12.F[P-](F)(F)(F)(F)F. The Morgan fingerprint density at radius 2 is 1.43 bits per heavy atom. The van der Waals surface area contributed by atoms with Crippen molar-refractivity contribution in [2.24, 2.45) is 0 Å². The molecule has 0 bridgehead atoms. The number of hydrogen-bond acceptors (Lipinski definition) is 1. The average molecular weight is 355 g/mol. The standard InChI is InChI=1S/C14H12NO.F6P/c1-16-14-7-4-8-15-10-12-6-3-2-5-11(12)9-13(14)15;1-7(2,3,4,5)6/h2-10H,1H3;/q+1;-1. The topological polar surface area (TPSA) is 13.3 Å². The Labute approximate surface area is 127 Å². The maximum absolute atomic E-state index is 10.7. The van der Waals surface area contributed by atoms with Crippen molar-refractivity contribution in [1.82, 2.24) is 0 Å². The number of nitrogens with zero attached hydrogens (tertiary/aromatic N) is 1. The molecule has 0 N–H and O–H groups in total. The van der Waals surface area contributed by atoms with Crippen LogP contribution in [0.25, 0.3) is 16.3 Å². The van der Waals surface area contributed by atoms with Gasteiger partial charge in [0.15, 0.2) is 18.1 Å². The number of hydrogen-bond donors (Lipinski definition) is 0. The van der Waals surface area contributed by atoms with Crippen molar-refractivity contribution < 1.29 is 34.3 Å². The van der Waals surface area contributed by atoms with E-state index in [1.54, 1.807) is 7.11 Å². The van der Waals surface area contributed by atoms with Crippen LogP contribution in [0.4, 0.5) is 25.2 Å². The third kappa shape index (κ3) is 5.90. The fourth-order valence-corrected chi connectivity index (χ4v) is 2.00. The summed E-state index contributed by atoms with van der Waals surface area (Å²) in [6.45, 7) is 0. The molecule has 2 aromatic heterocycles. The predicted octanol–water partition coefficient (Wildman–Crippen LogP) is 5.97. The zero-order valence-corrected chi connectivity index (χ0v) is 12.7. The number of methoxy groups -OCH3 is 1. The van der Waals surface area contributed by atoms with Gasteiger partial charge in [-0.25, -0.2) is 0 Å². The second kappa shape index (κ2) is 4.96. The normalized spacial score (nSPS) is 14.6. The van der Waals surface area contributed by atoms with Gasteiger partial charge in [-0.1, -0.05) is 18.2 Å². The molecule has 9 heteroatoms. The van der Waals surface area contributed by atoms with E-state index in [2.05, 4.69) is 34.9 Å². The Morgan fingerprint density at radius 3 is 2.00 bits per heavy atom. The zero-order valence-electron chi connectivity index (χ0n) is 11.8. The van der Waals surface area contributed by atoms with Gasteiger partial charge >= 0.3 is 33.0 Å². The Balaban J connectivity index is 0.000000236. The molecular weight excluding hydrogens is 343 g/mol. The van der Waals surface area contributed by atoms with E-state index in [-0.39, 0.29) is 0 Å². The molecule has 2 heterocycles. The molecule has 0 aliphatic carbocycles. The summed E-state index contributed by atoms with van der Waals surface area (Å²) in [5, 5.41) is 2.46. The number of ether oxygens (including phenoxy) is 1. The molecule has 3 aromatic rings. The first-order chi connectivity index (χ1) is 10.3. The van der Waals surface area contributed by atoms with E-state index < -0.39 is 7.81 Å². The molecule has 0 fully saturated rings. The molecule has 23 heavy (non-hydrogen) atoms. The average Bonchev–Trinajstić information content (AvgIpc) is 2.41. The summed E-state index contributed by atoms with van der Waals surface area (Å²) in [5.74, 6) is 0.897. The number of aromatic nitrogens is 1. The van der Waals surface area contributed by atoms with E-state index in [9.17, 15) is 25.2 Å². The molecule has 126 valence electrons. The molecule has 0 radical (unpaired) electrons. The van der Waals surface area contributed by atoms with Crippen molar-refractivity contribution >= 4 is 24.1 Å². The van der Waals surface area contributed by atoms with Crippen molar-refractivity contribution in [1.29, 1.82) is 0 Å². The Hall–Kier alpha value is -2.08. The van der Waals surface area contributed by atoms with E-state index in [4.69, 9.17) is 4.74 Å². The van der Waals surface area contributed by atoms with Gasteiger partial charge < -0.3 is 4.74 Å². The van der Waals surface area contributed by atoms with E-state index in [1.165, 1.54) is 10.8 Å². The third-order valence-corrected chi connectivity index (χ3v) is 2.81. The second-order valence-corrected chi connectivity index (χ2v) is 6.65. The van der Waals surface area contributed by atoms with E-state index in [0.29, 0.717) is 0 Å². The van der Waals surface area contributed by atoms with E-state index in [1.807, 2.05) is 24.4 Å². The number of benzene rings is 1. The van der Waals surface area contributed by atoms with Crippen LogP contribution in [0, 0.1) is 0 Å². The monoisotopic (exact) mass is 355 g/mol. The van der Waals surface area contributed by atoms with Crippen LogP contribution in [-0.4, -0.2) is 7.11 Å². The minimum atomic E-state index is -10.7. The van der Waals surface area contributed by atoms with Gasteiger partial charge in [0.05, 0.1) is 7.11 Å². The molecule has 0 saturated carbocycles. The van der Waals surface area contributed by atoms with Gasteiger partial charge in [-0.2, -0.15) is 4.40 Å². The molecule has 0 atom stereocenters. The second-order valence-electron chi connectivity index (χ2n) is 4.73. The van der Waals surface area contributed by atoms with Crippen molar-refractivity contribution in [3.05, 3.63) is 54.9 Å². The van der Waals surface area contributed by atoms with Gasteiger partial charge in [-0.15, -0.1) is 0 Å². The van der Waals surface area contributed by atoms with Gasteiger partial charge in [0.1, 0.15) is 0 Å². The number of rotatable bonds is 1. The number of halogens is 6. The molecule has 0 aliphatic heterocycles. The van der Waals surface area contributed by atoms with Gasteiger partial charge in [-0.05, 0) is 17.5 Å². The van der Waals surface area contributed by atoms with E-state index >= 15 is 0 Å². The van der Waals surface area contributed by atoms with Crippen LogP contribution in [0.5, 0.6) is 5.75 Å². The first-order valence-electron chi connectivity index (χ1n) is 6.27. The quantitative estimate of drug-likeness (QED) is 0.227. The van der Waals surface area contributed by atoms with Crippen LogP contribution in [0.15, 0.2) is 54.9 Å². The van der Waals surface area contributed by atoms with Gasteiger partial charge in [0.25, 0.3) is 5.52 Å². The summed E-state index contributed by atoms with van der Waals surface area (Å²) >= 11 is 0. The molecule has 0 amide bonds. The first kappa shape index (κ1) is 17.3. The fraction of sp³-hybridized carbons (Fsp3) is 0.0714. The molecule has 0 spiro atoms. The summed E-state index contributed by atoms with van der Waals surface area (Å²) in [7, 11) is -8.96. The number of fused-ring (bicyclic) bond motifs is 2.